The van der Waals surface area contributed by atoms with Gasteiger partial charge in [-0.15, -0.1) is 13.2 Å². The first-order valence-electron chi connectivity index (χ1n) is 9.95. The number of amides is 2. The van der Waals surface area contributed by atoms with E-state index in [1.54, 1.807) is 16.9 Å². The van der Waals surface area contributed by atoms with Gasteiger partial charge in [0.05, 0.1) is 12.6 Å². The number of halogens is 3. The molecule has 30 heavy (non-hydrogen) atoms. The Labute approximate surface area is 173 Å². The molecule has 3 rings (SSSR count). The van der Waals surface area contributed by atoms with Crippen LogP contribution in [0.5, 0.6) is 5.75 Å². The molecule has 1 aromatic rings. The fourth-order valence-electron chi connectivity index (χ4n) is 3.95. The van der Waals surface area contributed by atoms with Crippen LogP contribution in [0.4, 0.5) is 13.2 Å². The molecule has 2 saturated heterocycles. The van der Waals surface area contributed by atoms with Crippen LogP contribution < -0.4 is 4.74 Å². The van der Waals surface area contributed by atoms with E-state index >= 15 is 0 Å². The summed E-state index contributed by atoms with van der Waals surface area (Å²) in [7, 11) is 1.60. The molecule has 2 amide bonds. The Balaban J connectivity index is 1.59. The molecule has 0 radical (unpaired) electrons. The lowest BCUT2D eigenvalue weighted by Crippen LogP contribution is -2.44. The van der Waals surface area contributed by atoms with Crippen molar-refractivity contribution in [2.75, 3.05) is 53.0 Å². The van der Waals surface area contributed by atoms with E-state index in [9.17, 15) is 22.8 Å². The molecule has 2 fully saturated rings. The van der Waals surface area contributed by atoms with Crippen LogP contribution >= 0.6 is 0 Å². The van der Waals surface area contributed by atoms with Gasteiger partial charge in [-0.3, -0.25) is 14.5 Å². The van der Waals surface area contributed by atoms with Crippen molar-refractivity contribution >= 4 is 11.8 Å². The van der Waals surface area contributed by atoms with E-state index < -0.39 is 12.1 Å². The summed E-state index contributed by atoms with van der Waals surface area (Å²) in [5.74, 6) is -0.676. The zero-order chi connectivity index (χ0) is 21.7. The standard InChI is InChI=1S/C20H26F3N3O4/c1-29-13-12-26-9-6-17(19(26)28)24-7-3-8-25(11-10-24)18(27)15-4-2-5-16(14-15)30-20(21,22)23/h2,4-5,14,17H,3,6-13H2,1H3/t17-/m1/s1. The first-order valence-corrected chi connectivity index (χ1v) is 9.95. The summed E-state index contributed by atoms with van der Waals surface area (Å²) in [6.07, 6.45) is -3.38. The monoisotopic (exact) mass is 429 g/mol. The second-order valence-electron chi connectivity index (χ2n) is 7.38. The van der Waals surface area contributed by atoms with Gasteiger partial charge >= 0.3 is 6.36 Å². The molecule has 0 saturated carbocycles. The molecule has 2 heterocycles. The van der Waals surface area contributed by atoms with E-state index in [0.717, 1.165) is 18.6 Å². The Kier molecular flexibility index (Phi) is 7.19. The number of hydrogen-bond donors (Lipinski definition) is 0. The van der Waals surface area contributed by atoms with Gasteiger partial charge in [0.15, 0.2) is 0 Å². The average molecular weight is 429 g/mol. The summed E-state index contributed by atoms with van der Waals surface area (Å²) < 4.78 is 46.3. The third-order valence-corrected chi connectivity index (χ3v) is 5.41. The largest absolute Gasteiger partial charge is 0.573 e. The molecule has 0 N–H and O–H groups in total. The molecule has 0 aliphatic carbocycles. The molecule has 10 heteroatoms. The van der Waals surface area contributed by atoms with Crippen LogP contribution in [0.3, 0.4) is 0 Å². The topological polar surface area (TPSA) is 62.3 Å². The lowest BCUT2D eigenvalue weighted by Gasteiger charge is -2.26. The summed E-state index contributed by atoms with van der Waals surface area (Å²) in [5.41, 5.74) is 0.146. The van der Waals surface area contributed by atoms with Crippen LogP contribution in [0.1, 0.15) is 23.2 Å². The predicted molar refractivity (Wildman–Crippen MR) is 102 cm³/mol. The Bertz CT molecular complexity index is 759. The first kappa shape index (κ1) is 22.4. The van der Waals surface area contributed by atoms with Gasteiger partial charge in [0.25, 0.3) is 5.91 Å². The molecular weight excluding hydrogens is 403 g/mol. The van der Waals surface area contributed by atoms with Crippen molar-refractivity contribution in [1.29, 1.82) is 0 Å². The molecule has 2 aliphatic rings. The minimum absolute atomic E-state index is 0.0869. The van der Waals surface area contributed by atoms with Crippen molar-refractivity contribution in [1.82, 2.24) is 14.7 Å². The molecule has 0 aromatic heterocycles. The fourth-order valence-corrected chi connectivity index (χ4v) is 3.95. The normalized spacial score (nSPS) is 21.1. The van der Waals surface area contributed by atoms with Crippen molar-refractivity contribution in [3.63, 3.8) is 0 Å². The third kappa shape index (κ3) is 5.63. The Hall–Kier alpha value is -2.33. The smallest absolute Gasteiger partial charge is 0.406 e. The van der Waals surface area contributed by atoms with Gasteiger partial charge in [0, 0.05) is 51.9 Å². The summed E-state index contributed by atoms with van der Waals surface area (Å²) in [6, 6.07) is 4.91. The lowest BCUT2D eigenvalue weighted by atomic mass is 10.2. The maximum absolute atomic E-state index is 12.8. The molecule has 0 bridgehead atoms. The summed E-state index contributed by atoms with van der Waals surface area (Å²) in [6.45, 7) is 3.88. The van der Waals surface area contributed by atoms with Gasteiger partial charge in [-0.2, -0.15) is 0 Å². The van der Waals surface area contributed by atoms with E-state index in [-0.39, 0.29) is 23.4 Å². The second-order valence-corrected chi connectivity index (χ2v) is 7.38. The number of alkyl halides is 3. The van der Waals surface area contributed by atoms with Crippen LogP contribution in [-0.4, -0.2) is 91.9 Å². The molecule has 0 spiro atoms. The third-order valence-electron chi connectivity index (χ3n) is 5.41. The van der Waals surface area contributed by atoms with E-state index in [1.807, 2.05) is 0 Å². The van der Waals surface area contributed by atoms with Gasteiger partial charge < -0.3 is 19.3 Å². The maximum atomic E-state index is 12.8. The van der Waals surface area contributed by atoms with Crippen LogP contribution in [-0.2, 0) is 9.53 Å². The van der Waals surface area contributed by atoms with Crippen molar-refractivity contribution in [2.45, 2.75) is 25.2 Å². The number of carbonyl (C=O) groups excluding carboxylic acids is 2. The van der Waals surface area contributed by atoms with Gasteiger partial charge in [-0.1, -0.05) is 6.07 Å². The summed E-state index contributed by atoms with van der Waals surface area (Å²) >= 11 is 0. The zero-order valence-corrected chi connectivity index (χ0v) is 16.9. The summed E-state index contributed by atoms with van der Waals surface area (Å²) in [5, 5.41) is 0. The maximum Gasteiger partial charge on any atom is 0.573 e. The number of benzene rings is 1. The van der Waals surface area contributed by atoms with Crippen LogP contribution in [0.15, 0.2) is 24.3 Å². The highest BCUT2D eigenvalue weighted by Gasteiger charge is 2.36. The quantitative estimate of drug-likeness (QED) is 0.692. The molecule has 7 nitrogen and oxygen atoms in total. The average Bonchev–Trinajstić information content (AvgIpc) is 2.90. The Morgan fingerprint density at radius 3 is 2.70 bits per heavy atom. The minimum Gasteiger partial charge on any atom is -0.406 e. The minimum atomic E-state index is -4.81. The second kappa shape index (κ2) is 9.65. The highest BCUT2D eigenvalue weighted by atomic mass is 19.4. The van der Waals surface area contributed by atoms with Gasteiger partial charge in [-0.25, -0.2) is 0 Å². The molecule has 166 valence electrons. The number of carbonyl (C=O) groups is 2. The number of nitrogens with zero attached hydrogens (tertiary/aromatic N) is 3. The highest BCUT2D eigenvalue weighted by molar-refractivity contribution is 5.94. The van der Waals surface area contributed by atoms with Crippen molar-refractivity contribution in [2.24, 2.45) is 0 Å². The Morgan fingerprint density at radius 1 is 1.17 bits per heavy atom. The van der Waals surface area contributed by atoms with E-state index in [2.05, 4.69) is 9.64 Å². The predicted octanol–water partition coefficient (Wildman–Crippen LogP) is 1.98. The van der Waals surface area contributed by atoms with Crippen LogP contribution in [0, 0.1) is 0 Å². The Morgan fingerprint density at radius 2 is 1.97 bits per heavy atom. The van der Waals surface area contributed by atoms with Crippen molar-refractivity contribution in [3.8, 4) is 5.75 Å². The van der Waals surface area contributed by atoms with Crippen molar-refractivity contribution in [3.05, 3.63) is 29.8 Å². The number of ether oxygens (including phenoxy) is 2. The van der Waals surface area contributed by atoms with E-state index in [4.69, 9.17) is 4.74 Å². The molecule has 0 unspecified atom stereocenters. The van der Waals surface area contributed by atoms with E-state index in [1.165, 1.54) is 12.1 Å². The SMILES string of the molecule is COCCN1CC[C@@H](N2CCCN(C(=O)c3cccc(OC(F)(F)F)c3)CC2)C1=O. The van der Waals surface area contributed by atoms with Gasteiger partial charge in [0.1, 0.15) is 5.75 Å². The van der Waals surface area contributed by atoms with Crippen LogP contribution in [0.2, 0.25) is 0 Å². The molecule has 1 aromatic carbocycles. The molecular formula is C20H26F3N3O4. The van der Waals surface area contributed by atoms with Gasteiger partial charge in [0.2, 0.25) is 5.91 Å². The number of likely N-dealkylation sites (tertiary alicyclic amines) is 1. The zero-order valence-electron chi connectivity index (χ0n) is 16.9. The number of rotatable bonds is 6. The van der Waals surface area contributed by atoms with Gasteiger partial charge in [-0.05, 0) is 31.0 Å². The first-order chi connectivity index (χ1) is 14.3. The van der Waals surface area contributed by atoms with Crippen LogP contribution in [0.25, 0.3) is 0 Å². The fraction of sp³-hybridized carbons (Fsp3) is 0.600. The molecule has 1 atom stereocenters. The highest BCUT2D eigenvalue weighted by Crippen LogP contribution is 2.24. The lowest BCUT2D eigenvalue weighted by molar-refractivity contribution is -0.274. The van der Waals surface area contributed by atoms with Crippen molar-refractivity contribution < 1.29 is 32.2 Å². The number of methoxy groups -OCH3 is 1. The molecule has 2 aliphatic heterocycles. The summed E-state index contributed by atoms with van der Waals surface area (Å²) in [4.78, 5) is 31.0. The number of hydrogen-bond acceptors (Lipinski definition) is 5. The van der Waals surface area contributed by atoms with E-state index in [0.29, 0.717) is 52.3 Å².